The molecule has 0 bridgehead atoms. The van der Waals surface area contributed by atoms with Gasteiger partial charge in [0, 0.05) is 0 Å². The molecule has 4 saturated carbocycles. The summed E-state index contributed by atoms with van der Waals surface area (Å²) in [5.74, 6) is 0.629. The molecule has 3 saturated heterocycles. The Bertz CT molecular complexity index is 1620. The molecule has 8 aliphatic rings. The molecular formula is C45H72O15. The van der Waals surface area contributed by atoms with Crippen LogP contribution in [0.5, 0.6) is 0 Å². The monoisotopic (exact) mass is 852 g/mol. The number of hydrogen-bond donors (Lipinski definition) is 8. The lowest BCUT2D eigenvalue weighted by Gasteiger charge is -2.67. The van der Waals surface area contributed by atoms with Crippen molar-refractivity contribution in [1.82, 2.24) is 0 Å². The molecule has 3 heterocycles. The van der Waals surface area contributed by atoms with Gasteiger partial charge in [-0.05, 0) is 116 Å². The summed E-state index contributed by atoms with van der Waals surface area (Å²) in [6.45, 7) is 15.0. The van der Waals surface area contributed by atoms with E-state index in [1.54, 1.807) is 0 Å². The molecule has 8 N–H and O–H groups in total. The minimum Gasteiger partial charge on any atom is -0.481 e. The number of allylic oxidation sites excluding steroid dienone is 2. The van der Waals surface area contributed by atoms with E-state index in [1.807, 2.05) is 0 Å². The quantitative estimate of drug-likeness (QED) is 0.136. The number of hydrogen-bond acceptors (Lipinski definition) is 14. The molecule has 3 aliphatic heterocycles. The molecule has 0 aromatic carbocycles. The van der Waals surface area contributed by atoms with E-state index >= 15 is 0 Å². The Hall–Kier alpha value is -1.31. The first-order chi connectivity index (χ1) is 28.1. The van der Waals surface area contributed by atoms with Gasteiger partial charge < -0.3 is 69.3 Å². The molecule has 0 radical (unpaired) electrons. The smallest absolute Gasteiger partial charge is 0.310 e. The van der Waals surface area contributed by atoms with Crippen LogP contribution in [0.4, 0.5) is 0 Å². The maximum absolute atomic E-state index is 13.0. The Morgan fingerprint density at radius 3 is 2.03 bits per heavy atom. The lowest BCUT2D eigenvalue weighted by molar-refractivity contribution is -0.378. The van der Waals surface area contributed by atoms with Gasteiger partial charge in [0.05, 0.1) is 30.8 Å². The number of rotatable bonds is 7. The zero-order valence-corrected chi connectivity index (χ0v) is 36.4. The van der Waals surface area contributed by atoms with Crippen LogP contribution in [-0.4, -0.2) is 146 Å². The second kappa shape index (κ2) is 16.0. The minimum absolute atomic E-state index is 0.000687. The van der Waals surface area contributed by atoms with E-state index in [9.17, 15) is 45.6 Å². The molecule has 342 valence electrons. The summed E-state index contributed by atoms with van der Waals surface area (Å²) in [5.41, 5.74) is 0.472. The molecule has 0 aromatic heterocycles. The fourth-order valence-corrected chi connectivity index (χ4v) is 14.0. The van der Waals surface area contributed by atoms with Crippen molar-refractivity contribution in [2.75, 3.05) is 13.2 Å². The Labute approximate surface area is 353 Å². The van der Waals surface area contributed by atoms with Gasteiger partial charge >= 0.3 is 5.97 Å². The van der Waals surface area contributed by atoms with Crippen LogP contribution in [0.15, 0.2) is 11.6 Å². The van der Waals surface area contributed by atoms with Crippen molar-refractivity contribution < 1.29 is 74.1 Å². The highest BCUT2D eigenvalue weighted by atomic mass is 16.8. The van der Waals surface area contributed by atoms with Gasteiger partial charge in [-0.1, -0.05) is 53.2 Å². The first kappa shape index (κ1) is 45.3. The van der Waals surface area contributed by atoms with Crippen LogP contribution in [0.1, 0.15) is 113 Å². The highest BCUT2D eigenvalue weighted by Gasteiger charge is 2.66. The van der Waals surface area contributed by atoms with E-state index in [-0.39, 0.29) is 52.8 Å². The van der Waals surface area contributed by atoms with Gasteiger partial charge in [-0.15, -0.1) is 0 Å². The van der Waals surface area contributed by atoms with Gasteiger partial charge in [-0.2, -0.15) is 0 Å². The molecule has 15 heteroatoms. The minimum atomic E-state index is -1.69. The number of carboxylic acid groups (broad SMARTS) is 1. The maximum atomic E-state index is 13.0. The number of carboxylic acids is 1. The molecule has 21 atom stereocenters. The largest absolute Gasteiger partial charge is 0.481 e. The molecule has 60 heavy (non-hydrogen) atoms. The zero-order valence-electron chi connectivity index (χ0n) is 36.4. The normalized spacial score (nSPS) is 53.7. The SMILES string of the molecule is C[C@@H]1O[C@@H](O[C@@H]2[C@H](O[C@H]3CC[C@]4(C)C5CC=C6C7CC(C)(C)CC[C@]7(C(=O)O)CC[C@@]6(C)C5CCC4C3(C)C)OC[C@@H](O)[C@H]2O)[C@H](O)[C@H](O[C@@H]2OC[C@@H](O)[C@H](O)[C@@H]2O)[C@H]1O. The molecule has 4 unspecified atom stereocenters. The molecule has 15 nitrogen and oxygen atoms in total. The lowest BCUT2D eigenvalue weighted by atomic mass is 9.38. The maximum Gasteiger partial charge on any atom is 0.310 e. The van der Waals surface area contributed by atoms with Gasteiger partial charge in [0.25, 0.3) is 0 Å². The van der Waals surface area contributed by atoms with Crippen molar-refractivity contribution in [1.29, 1.82) is 0 Å². The average molecular weight is 853 g/mol. The fourth-order valence-electron chi connectivity index (χ4n) is 14.0. The van der Waals surface area contributed by atoms with Crippen molar-refractivity contribution in [2.45, 2.75) is 199 Å². The number of aliphatic hydroxyl groups excluding tert-OH is 7. The standard InChI is InChI=1S/C45H72O15/c1-21-30(48)35(59-37-33(51)31(49)26(46)19-55-37)34(52)38(57-21)60-36-32(50)27(47)20-56-39(36)58-29-12-13-44(7)23-8-9-24-25-18-41(2,3)14-16-45(25,40(53)54)17-15-43(24,6)22(23)10-11-28(44)42(29,4)5/h9,21-23,25-39,46-52H,8,10-20H2,1-7H3,(H,53,54)/t21-,22?,23?,25?,26+,27+,28?,29-,30-,31-,32+,33-,34+,35+,36-,37-,38-,39-,43-,44+,45-/m0/s1. The zero-order chi connectivity index (χ0) is 43.5. The molecule has 5 aliphatic carbocycles. The van der Waals surface area contributed by atoms with Crippen LogP contribution in [0.2, 0.25) is 0 Å². The average Bonchev–Trinajstić information content (AvgIpc) is 3.18. The van der Waals surface area contributed by atoms with E-state index in [0.717, 1.165) is 57.8 Å². The molecule has 0 amide bonds. The van der Waals surface area contributed by atoms with Crippen molar-refractivity contribution in [3.63, 3.8) is 0 Å². The molecule has 7 fully saturated rings. The number of aliphatic carboxylic acids is 1. The molecular weight excluding hydrogens is 780 g/mol. The van der Waals surface area contributed by atoms with Gasteiger partial charge in [-0.3, -0.25) is 4.79 Å². The van der Waals surface area contributed by atoms with Gasteiger partial charge in [0.15, 0.2) is 18.9 Å². The predicted molar refractivity (Wildman–Crippen MR) is 213 cm³/mol. The van der Waals surface area contributed by atoms with Crippen LogP contribution in [-0.2, 0) is 33.2 Å². The third kappa shape index (κ3) is 7.25. The van der Waals surface area contributed by atoms with Gasteiger partial charge in [-0.25, -0.2) is 0 Å². The molecule has 0 aromatic rings. The highest BCUT2D eigenvalue weighted by molar-refractivity contribution is 5.76. The van der Waals surface area contributed by atoms with Crippen LogP contribution in [0.25, 0.3) is 0 Å². The topological polar surface area (TPSA) is 234 Å². The summed E-state index contributed by atoms with van der Waals surface area (Å²) < 4.78 is 36.1. The second-order valence-corrected chi connectivity index (χ2v) is 21.9. The summed E-state index contributed by atoms with van der Waals surface area (Å²) in [4.78, 5) is 13.0. The lowest BCUT2D eigenvalue weighted by Crippen LogP contribution is -2.65. The summed E-state index contributed by atoms with van der Waals surface area (Å²) >= 11 is 0. The van der Waals surface area contributed by atoms with E-state index in [1.165, 1.54) is 12.5 Å². The van der Waals surface area contributed by atoms with Crippen molar-refractivity contribution in [3.05, 3.63) is 11.6 Å². The fraction of sp³-hybridized carbons (Fsp3) is 0.933. The number of carbonyl (C=O) groups is 1. The molecule has 8 rings (SSSR count). The van der Waals surface area contributed by atoms with Gasteiger partial charge in [0.2, 0.25) is 0 Å². The van der Waals surface area contributed by atoms with Crippen molar-refractivity contribution >= 4 is 5.97 Å². The predicted octanol–water partition coefficient (Wildman–Crippen LogP) is 2.62. The Morgan fingerprint density at radius 2 is 1.33 bits per heavy atom. The summed E-state index contributed by atoms with van der Waals surface area (Å²) in [6, 6.07) is 0. The summed E-state index contributed by atoms with van der Waals surface area (Å²) in [6.07, 6.45) is -7.36. The highest BCUT2D eigenvalue weighted by Crippen LogP contribution is 2.72. The third-order valence-electron chi connectivity index (χ3n) is 17.7. The Kier molecular flexibility index (Phi) is 12.1. The van der Waals surface area contributed by atoms with E-state index < -0.39 is 91.3 Å². The first-order valence-electron chi connectivity index (χ1n) is 22.6. The van der Waals surface area contributed by atoms with Crippen LogP contribution >= 0.6 is 0 Å². The Morgan fingerprint density at radius 1 is 0.683 bits per heavy atom. The number of ether oxygens (including phenoxy) is 6. The van der Waals surface area contributed by atoms with Crippen LogP contribution < -0.4 is 0 Å². The summed E-state index contributed by atoms with van der Waals surface area (Å²) in [7, 11) is 0. The Balaban J connectivity index is 0.986. The summed E-state index contributed by atoms with van der Waals surface area (Å²) in [5, 5.41) is 85.7. The second-order valence-electron chi connectivity index (χ2n) is 21.9. The van der Waals surface area contributed by atoms with Crippen LogP contribution in [0.3, 0.4) is 0 Å². The number of aliphatic hydroxyl groups is 7. The van der Waals surface area contributed by atoms with E-state index in [2.05, 4.69) is 47.6 Å². The van der Waals surface area contributed by atoms with E-state index in [0.29, 0.717) is 18.3 Å². The third-order valence-corrected chi connectivity index (χ3v) is 17.7. The van der Waals surface area contributed by atoms with E-state index in [4.69, 9.17) is 28.4 Å². The first-order valence-corrected chi connectivity index (χ1v) is 22.6. The number of fused-ring (bicyclic) bond motifs is 7. The van der Waals surface area contributed by atoms with Gasteiger partial charge in [0.1, 0.15) is 54.9 Å². The van der Waals surface area contributed by atoms with Crippen molar-refractivity contribution in [3.8, 4) is 0 Å². The van der Waals surface area contributed by atoms with Crippen molar-refractivity contribution in [2.24, 2.45) is 50.7 Å². The van der Waals surface area contributed by atoms with Crippen LogP contribution in [0, 0.1) is 50.7 Å². The molecule has 0 spiro atoms.